The van der Waals surface area contributed by atoms with Crippen LogP contribution < -0.4 is 0 Å². The number of hydrogen-bond donors (Lipinski definition) is 1. The van der Waals surface area contributed by atoms with Crippen LogP contribution in [-0.2, 0) is 19.4 Å². The zero-order chi connectivity index (χ0) is 14.6. The number of carboxylic acid groups (broad SMARTS) is 1. The van der Waals surface area contributed by atoms with Crippen molar-refractivity contribution in [3.05, 3.63) is 0 Å². The van der Waals surface area contributed by atoms with Gasteiger partial charge in [0.1, 0.15) is 6.54 Å². The van der Waals surface area contributed by atoms with Gasteiger partial charge in [-0.1, -0.05) is 13.8 Å². The maximum absolute atomic E-state index is 12.3. The Labute approximate surface area is 113 Å². The van der Waals surface area contributed by atoms with Crippen molar-refractivity contribution in [1.29, 1.82) is 0 Å². The lowest BCUT2D eigenvalue weighted by Gasteiger charge is -2.29. The molecule has 1 rings (SSSR count). The van der Waals surface area contributed by atoms with Gasteiger partial charge in [-0.2, -0.15) is 0 Å². The minimum absolute atomic E-state index is 0.0317. The first-order valence-corrected chi connectivity index (χ1v) is 8.35. The van der Waals surface area contributed by atoms with Crippen molar-refractivity contribution < 1.29 is 23.1 Å². The molecule has 1 N–H and O–H groups in total. The van der Waals surface area contributed by atoms with Gasteiger partial charge in [-0.15, -0.1) is 0 Å². The fraction of sp³-hybridized carbons (Fsp3) is 0.833. The van der Waals surface area contributed by atoms with E-state index in [0.29, 0.717) is 19.3 Å². The summed E-state index contributed by atoms with van der Waals surface area (Å²) in [4.78, 5) is 24.4. The van der Waals surface area contributed by atoms with E-state index < -0.39 is 28.4 Å². The van der Waals surface area contributed by atoms with Crippen molar-refractivity contribution in [3.8, 4) is 0 Å². The fourth-order valence-corrected chi connectivity index (χ4v) is 4.16. The van der Waals surface area contributed by atoms with Crippen molar-refractivity contribution in [2.24, 2.45) is 5.92 Å². The number of hydrogen-bond acceptors (Lipinski definition) is 4. The highest BCUT2D eigenvalue weighted by Gasteiger charge is 2.37. The largest absolute Gasteiger partial charge is 0.480 e. The van der Waals surface area contributed by atoms with Gasteiger partial charge in [-0.25, -0.2) is 8.42 Å². The van der Waals surface area contributed by atoms with Crippen LogP contribution in [-0.4, -0.2) is 54.4 Å². The van der Waals surface area contributed by atoms with Crippen molar-refractivity contribution >= 4 is 21.7 Å². The zero-order valence-electron chi connectivity index (χ0n) is 11.3. The highest BCUT2D eigenvalue weighted by atomic mass is 32.2. The Bertz CT molecular complexity index is 441. The molecular weight excluding hydrogens is 270 g/mol. The van der Waals surface area contributed by atoms with E-state index in [9.17, 15) is 18.0 Å². The molecule has 0 radical (unpaired) electrons. The van der Waals surface area contributed by atoms with Crippen molar-refractivity contribution in [1.82, 2.24) is 4.90 Å². The van der Waals surface area contributed by atoms with Crippen molar-refractivity contribution in [2.75, 3.05) is 18.1 Å². The van der Waals surface area contributed by atoms with Gasteiger partial charge < -0.3 is 10.0 Å². The Morgan fingerprint density at radius 3 is 2.26 bits per heavy atom. The van der Waals surface area contributed by atoms with Crippen LogP contribution in [0.15, 0.2) is 0 Å². The van der Waals surface area contributed by atoms with E-state index in [4.69, 9.17) is 5.11 Å². The van der Waals surface area contributed by atoms with Crippen LogP contribution in [0.3, 0.4) is 0 Å². The summed E-state index contributed by atoms with van der Waals surface area (Å²) >= 11 is 0. The Morgan fingerprint density at radius 2 is 1.89 bits per heavy atom. The molecule has 1 aliphatic rings. The molecule has 0 spiro atoms. The van der Waals surface area contributed by atoms with Gasteiger partial charge in [0.05, 0.1) is 11.5 Å². The standard InChI is InChI=1S/C12H21NO5S/c1-3-9(4-2)12(16)13(7-11(14)15)10-5-6-19(17,18)8-10/h9-10H,3-8H2,1-2H3,(H,14,15). The predicted molar refractivity (Wildman–Crippen MR) is 70.5 cm³/mol. The topological polar surface area (TPSA) is 91.8 Å². The number of rotatable bonds is 6. The summed E-state index contributed by atoms with van der Waals surface area (Å²) in [5, 5.41) is 8.91. The molecule has 0 aliphatic carbocycles. The average molecular weight is 291 g/mol. The molecule has 0 aromatic carbocycles. The maximum atomic E-state index is 12.3. The lowest BCUT2D eigenvalue weighted by atomic mass is 10.0. The average Bonchev–Trinajstić information content (AvgIpc) is 2.67. The van der Waals surface area contributed by atoms with E-state index in [1.165, 1.54) is 4.90 Å². The first kappa shape index (κ1) is 15.9. The number of aliphatic carboxylic acids is 1. The van der Waals surface area contributed by atoms with Crippen molar-refractivity contribution in [3.63, 3.8) is 0 Å². The number of sulfone groups is 1. The summed E-state index contributed by atoms with van der Waals surface area (Å²) in [5.41, 5.74) is 0. The van der Waals surface area contributed by atoms with Crippen LogP contribution in [0.4, 0.5) is 0 Å². The van der Waals surface area contributed by atoms with E-state index >= 15 is 0 Å². The van der Waals surface area contributed by atoms with Crippen LogP contribution in [0.5, 0.6) is 0 Å². The molecule has 1 unspecified atom stereocenters. The lowest BCUT2D eigenvalue weighted by molar-refractivity contribution is -0.148. The molecule has 1 saturated heterocycles. The zero-order valence-corrected chi connectivity index (χ0v) is 12.1. The summed E-state index contributed by atoms with van der Waals surface area (Å²) in [5.74, 6) is -1.67. The number of nitrogens with zero attached hydrogens (tertiary/aromatic N) is 1. The number of carbonyl (C=O) groups excluding carboxylic acids is 1. The molecule has 1 aliphatic heterocycles. The highest BCUT2D eigenvalue weighted by molar-refractivity contribution is 7.91. The van der Waals surface area contributed by atoms with Gasteiger partial charge >= 0.3 is 5.97 Å². The molecule has 7 heteroatoms. The highest BCUT2D eigenvalue weighted by Crippen LogP contribution is 2.21. The lowest BCUT2D eigenvalue weighted by Crippen LogP contribution is -2.46. The molecule has 6 nitrogen and oxygen atoms in total. The smallest absolute Gasteiger partial charge is 0.323 e. The molecule has 110 valence electrons. The normalized spacial score (nSPS) is 21.5. The molecule has 1 amide bonds. The van der Waals surface area contributed by atoms with E-state index in [1.807, 2.05) is 13.8 Å². The number of amides is 1. The Kier molecular flexibility index (Phi) is 5.34. The number of carbonyl (C=O) groups is 2. The third-order valence-electron chi connectivity index (χ3n) is 3.57. The Balaban J connectivity index is 2.89. The van der Waals surface area contributed by atoms with Crippen LogP contribution in [0.2, 0.25) is 0 Å². The van der Waals surface area contributed by atoms with E-state index in [2.05, 4.69) is 0 Å². The molecule has 0 aromatic heterocycles. The Morgan fingerprint density at radius 1 is 1.32 bits per heavy atom. The minimum Gasteiger partial charge on any atom is -0.480 e. The van der Waals surface area contributed by atoms with E-state index in [0.717, 1.165) is 0 Å². The second kappa shape index (κ2) is 6.36. The van der Waals surface area contributed by atoms with Gasteiger partial charge in [0.15, 0.2) is 9.84 Å². The quantitative estimate of drug-likeness (QED) is 0.770. The SMILES string of the molecule is CCC(CC)C(=O)N(CC(=O)O)C1CCS(=O)(=O)C1. The third-order valence-corrected chi connectivity index (χ3v) is 5.32. The molecule has 1 fully saturated rings. The summed E-state index contributed by atoms with van der Waals surface area (Å²) in [6.07, 6.45) is 1.59. The van der Waals surface area contributed by atoms with Gasteiger partial charge in [-0.05, 0) is 19.3 Å². The molecule has 0 saturated carbocycles. The monoisotopic (exact) mass is 291 g/mol. The molecule has 19 heavy (non-hydrogen) atoms. The van der Waals surface area contributed by atoms with Crippen LogP contribution in [0.25, 0.3) is 0 Å². The first-order valence-electron chi connectivity index (χ1n) is 6.53. The van der Waals surface area contributed by atoms with Crippen LogP contribution in [0.1, 0.15) is 33.1 Å². The summed E-state index contributed by atoms with van der Waals surface area (Å²) < 4.78 is 23.0. The molecule has 1 heterocycles. The Hall–Kier alpha value is -1.11. The number of carboxylic acids is 1. The molecular formula is C12H21NO5S. The van der Waals surface area contributed by atoms with Gasteiger partial charge in [-0.3, -0.25) is 9.59 Å². The molecule has 0 bridgehead atoms. The first-order chi connectivity index (χ1) is 8.80. The summed E-state index contributed by atoms with van der Waals surface area (Å²) in [6, 6.07) is -0.491. The van der Waals surface area contributed by atoms with E-state index in [-0.39, 0.29) is 23.3 Å². The summed E-state index contributed by atoms with van der Waals surface area (Å²) in [7, 11) is -3.14. The third kappa shape index (κ3) is 4.19. The van der Waals surface area contributed by atoms with E-state index in [1.54, 1.807) is 0 Å². The maximum Gasteiger partial charge on any atom is 0.323 e. The fourth-order valence-electron chi connectivity index (χ4n) is 2.43. The van der Waals surface area contributed by atoms with Crippen molar-refractivity contribution in [2.45, 2.75) is 39.2 Å². The van der Waals surface area contributed by atoms with Gasteiger partial charge in [0, 0.05) is 12.0 Å². The van der Waals surface area contributed by atoms with Gasteiger partial charge in [0.2, 0.25) is 5.91 Å². The second-order valence-corrected chi connectivity index (χ2v) is 7.16. The van der Waals surface area contributed by atoms with Crippen LogP contribution >= 0.6 is 0 Å². The van der Waals surface area contributed by atoms with Crippen LogP contribution in [0, 0.1) is 5.92 Å². The predicted octanol–water partition coefficient (Wildman–Crippen LogP) is 0.523. The molecule has 1 atom stereocenters. The minimum atomic E-state index is -3.14. The second-order valence-electron chi connectivity index (χ2n) is 4.93. The molecule has 0 aromatic rings. The summed E-state index contributed by atoms with van der Waals surface area (Å²) in [6.45, 7) is 3.32. The van der Waals surface area contributed by atoms with Gasteiger partial charge in [0.25, 0.3) is 0 Å².